The average Bonchev–Trinajstić information content (AvgIpc) is 2.46. The van der Waals surface area contributed by atoms with E-state index >= 15 is 0 Å². The van der Waals surface area contributed by atoms with Crippen LogP contribution in [0.3, 0.4) is 0 Å². The van der Waals surface area contributed by atoms with Crippen LogP contribution < -0.4 is 0 Å². The van der Waals surface area contributed by atoms with Crippen molar-refractivity contribution in [2.24, 2.45) is 0 Å². The van der Waals surface area contributed by atoms with Gasteiger partial charge in [0.1, 0.15) is 6.29 Å². The molecule has 0 N–H and O–H groups in total. The Morgan fingerprint density at radius 2 is 1.89 bits per heavy atom. The third kappa shape index (κ3) is 2.31. The maximum Gasteiger partial charge on any atom is 0.150 e. The smallest absolute Gasteiger partial charge is 0.150 e. The lowest BCUT2D eigenvalue weighted by molar-refractivity contribution is 0.112. The summed E-state index contributed by atoms with van der Waals surface area (Å²) in [5.74, 6) is 0. The minimum Gasteiger partial charge on any atom is -0.298 e. The molecule has 0 bridgehead atoms. The van der Waals surface area contributed by atoms with E-state index in [1.807, 2.05) is 42.5 Å². The quantitative estimate of drug-likeness (QED) is 0.762. The summed E-state index contributed by atoms with van der Waals surface area (Å²) >= 11 is 0. The molecule has 0 radical (unpaired) electrons. The van der Waals surface area contributed by atoms with Gasteiger partial charge in [-0.3, -0.25) is 4.79 Å². The lowest BCUT2D eigenvalue weighted by Crippen LogP contribution is -1.91. The predicted molar refractivity (Wildman–Crippen MR) is 71.4 cm³/mol. The molecule has 0 saturated carbocycles. The van der Waals surface area contributed by atoms with Gasteiger partial charge in [-0.2, -0.15) is 5.26 Å². The Balaban J connectivity index is 2.49. The molecule has 2 aromatic rings. The highest BCUT2D eigenvalue weighted by Gasteiger charge is 2.05. The summed E-state index contributed by atoms with van der Waals surface area (Å²) < 4.78 is 0. The van der Waals surface area contributed by atoms with Crippen LogP contribution in [0.25, 0.3) is 11.1 Å². The van der Waals surface area contributed by atoms with E-state index in [0.29, 0.717) is 11.1 Å². The highest BCUT2D eigenvalue weighted by molar-refractivity contribution is 5.78. The topological polar surface area (TPSA) is 40.9 Å². The molecule has 2 heteroatoms. The van der Waals surface area contributed by atoms with E-state index in [1.165, 1.54) is 0 Å². The zero-order valence-corrected chi connectivity index (χ0v) is 10.2. The van der Waals surface area contributed by atoms with Gasteiger partial charge in [0.2, 0.25) is 0 Å². The number of carbonyl (C=O) groups excluding carboxylic acids is 1. The van der Waals surface area contributed by atoms with Gasteiger partial charge in [0, 0.05) is 5.56 Å². The number of aryl methyl sites for hydroxylation is 1. The molecule has 0 fully saturated rings. The van der Waals surface area contributed by atoms with Gasteiger partial charge in [-0.05, 0) is 41.3 Å². The molecule has 2 aromatic carbocycles. The second-order valence-corrected chi connectivity index (χ2v) is 4.08. The maximum absolute atomic E-state index is 10.8. The SMILES string of the molecule is CCc1cc(C=O)ccc1-c1ccc(C#N)cc1. The van der Waals surface area contributed by atoms with Gasteiger partial charge in [-0.1, -0.05) is 31.2 Å². The van der Waals surface area contributed by atoms with Crippen LogP contribution in [0.5, 0.6) is 0 Å². The minimum atomic E-state index is 0.654. The molecule has 0 aliphatic carbocycles. The molecule has 2 rings (SSSR count). The highest BCUT2D eigenvalue weighted by atomic mass is 16.1. The molecule has 2 nitrogen and oxygen atoms in total. The standard InChI is InChI=1S/C16H13NO/c1-2-14-9-13(11-18)5-8-16(14)15-6-3-12(10-17)4-7-15/h3-9,11H,2H2,1H3. The third-order valence-corrected chi connectivity index (χ3v) is 2.97. The molecule has 0 unspecified atom stereocenters. The van der Waals surface area contributed by atoms with Crippen molar-refractivity contribution in [2.75, 3.05) is 0 Å². The summed E-state index contributed by atoms with van der Waals surface area (Å²) in [7, 11) is 0. The van der Waals surface area contributed by atoms with Gasteiger partial charge < -0.3 is 0 Å². The fourth-order valence-corrected chi connectivity index (χ4v) is 1.99. The maximum atomic E-state index is 10.8. The summed E-state index contributed by atoms with van der Waals surface area (Å²) in [6, 6.07) is 15.3. The van der Waals surface area contributed by atoms with Crippen molar-refractivity contribution in [2.45, 2.75) is 13.3 Å². The molecule has 0 heterocycles. The van der Waals surface area contributed by atoms with E-state index in [0.717, 1.165) is 29.4 Å². The summed E-state index contributed by atoms with van der Waals surface area (Å²) in [4.78, 5) is 10.8. The lowest BCUT2D eigenvalue weighted by atomic mass is 9.96. The summed E-state index contributed by atoms with van der Waals surface area (Å²) in [6.45, 7) is 2.07. The molecule has 0 saturated heterocycles. The number of carbonyl (C=O) groups is 1. The fourth-order valence-electron chi connectivity index (χ4n) is 1.99. The molecule has 0 aliphatic heterocycles. The van der Waals surface area contributed by atoms with Gasteiger partial charge >= 0.3 is 0 Å². The Bertz CT molecular complexity index is 606. The van der Waals surface area contributed by atoms with Crippen LogP contribution in [0.15, 0.2) is 42.5 Å². The molecule has 0 atom stereocenters. The Labute approximate surface area is 107 Å². The van der Waals surface area contributed by atoms with Gasteiger partial charge in [0.15, 0.2) is 0 Å². The number of nitrogens with zero attached hydrogens (tertiary/aromatic N) is 1. The van der Waals surface area contributed by atoms with Crippen LogP contribution >= 0.6 is 0 Å². The van der Waals surface area contributed by atoms with E-state index in [2.05, 4.69) is 13.0 Å². The zero-order valence-electron chi connectivity index (χ0n) is 10.2. The Morgan fingerprint density at radius 1 is 1.17 bits per heavy atom. The fraction of sp³-hybridized carbons (Fsp3) is 0.125. The number of benzene rings is 2. The average molecular weight is 235 g/mol. The third-order valence-electron chi connectivity index (χ3n) is 2.97. The second kappa shape index (κ2) is 5.29. The first kappa shape index (κ1) is 12.1. The van der Waals surface area contributed by atoms with Crippen molar-refractivity contribution in [3.63, 3.8) is 0 Å². The second-order valence-electron chi connectivity index (χ2n) is 4.08. The summed E-state index contributed by atoms with van der Waals surface area (Å²) in [5.41, 5.74) is 4.69. The van der Waals surface area contributed by atoms with Crippen molar-refractivity contribution in [1.82, 2.24) is 0 Å². The lowest BCUT2D eigenvalue weighted by Gasteiger charge is -2.09. The Morgan fingerprint density at radius 3 is 2.44 bits per heavy atom. The van der Waals surface area contributed by atoms with Gasteiger partial charge in [-0.15, -0.1) is 0 Å². The van der Waals surface area contributed by atoms with E-state index in [9.17, 15) is 4.79 Å². The van der Waals surface area contributed by atoms with Crippen molar-refractivity contribution in [1.29, 1.82) is 5.26 Å². The number of hydrogen-bond donors (Lipinski definition) is 0. The van der Waals surface area contributed by atoms with Crippen molar-refractivity contribution in [3.8, 4) is 17.2 Å². The zero-order chi connectivity index (χ0) is 13.0. The Kier molecular flexibility index (Phi) is 3.54. The largest absolute Gasteiger partial charge is 0.298 e. The minimum absolute atomic E-state index is 0.654. The van der Waals surface area contributed by atoms with E-state index in [1.54, 1.807) is 0 Å². The summed E-state index contributed by atoms with van der Waals surface area (Å²) in [6.07, 6.45) is 1.73. The molecular formula is C16H13NO. The Hall–Kier alpha value is -2.40. The van der Waals surface area contributed by atoms with E-state index in [-0.39, 0.29) is 0 Å². The molecule has 0 aromatic heterocycles. The molecule has 0 spiro atoms. The van der Waals surface area contributed by atoms with Crippen LogP contribution in [0.1, 0.15) is 28.4 Å². The van der Waals surface area contributed by atoms with Crippen LogP contribution in [0.2, 0.25) is 0 Å². The van der Waals surface area contributed by atoms with Crippen molar-refractivity contribution < 1.29 is 4.79 Å². The number of nitriles is 1. The van der Waals surface area contributed by atoms with Gasteiger partial charge in [0.25, 0.3) is 0 Å². The number of rotatable bonds is 3. The normalized spacial score (nSPS) is 9.78. The first-order chi connectivity index (χ1) is 8.78. The van der Waals surface area contributed by atoms with E-state index in [4.69, 9.17) is 5.26 Å². The molecule has 88 valence electrons. The predicted octanol–water partition coefficient (Wildman–Crippen LogP) is 3.60. The van der Waals surface area contributed by atoms with Gasteiger partial charge in [-0.25, -0.2) is 0 Å². The van der Waals surface area contributed by atoms with Crippen molar-refractivity contribution >= 4 is 6.29 Å². The van der Waals surface area contributed by atoms with Gasteiger partial charge in [0.05, 0.1) is 11.6 Å². The number of aldehydes is 1. The highest BCUT2D eigenvalue weighted by Crippen LogP contribution is 2.25. The first-order valence-corrected chi connectivity index (χ1v) is 5.87. The molecule has 18 heavy (non-hydrogen) atoms. The molecule has 0 amide bonds. The van der Waals surface area contributed by atoms with E-state index < -0.39 is 0 Å². The number of hydrogen-bond acceptors (Lipinski definition) is 2. The van der Waals surface area contributed by atoms with Crippen LogP contribution in [-0.4, -0.2) is 6.29 Å². The first-order valence-electron chi connectivity index (χ1n) is 5.87. The summed E-state index contributed by atoms with van der Waals surface area (Å²) in [5, 5.41) is 8.78. The van der Waals surface area contributed by atoms with Crippen LogP contribution in [0.4, 0.5) is 0 Å². The molecule has 0 aliphatic rings. The molecular weight excluding hydrogens is 222 g/mol. The van der Waals surface area contributed by atoms with Crippen LogP contribution in [0, 0.1) is 11.3 Å². The van der Waals surface area contributed by atoms with Crippen LogP contribution in [-0.2, 0) is 6.42 Å². The monoisotopic (exact) mass is 235 g/mol. The van der Waals surface area contributed by atoms with Crippen molar-refractivity contribution in [3.05, 3.63) is 59.2 Å².